The van der Waals surface area contributed by atoms with Gasteiger partial charge in [-0.05, 0) is 11.8 Å². The van der Waals surface area contributed by atoms with E-state index < -0.39 is 26.9 Å². The van der Waals surface area contributed by atoms with Crippen molar-refractivity contribution in [3.8, 4) is 0 Å². The van der Waals surface area contributed by atoms with E-state index >= 15 is 0 Å². The minimum absolute atomic E-state index is 0.0942. The molecule has 0 saturated carbocycles. The van der Waals surface area contributed by atoms with Crippen molar-refractivity contribution in [3.05, 3.63) is 0 Å². The summed E-state index contributed by atoms with van der Waals surface area (Å²) in [6, 6.07) is 0. The van der Waals surface area contributed by atoms with Crippen LogP contribution in [0.2, 0.25) is 0 Å². The third-order valence-electron chi connectivity index (χ3n) is 2.02. The Labute approximate surface area is 104 Å². The minimum Gasteiger partial charge on any atom is -0.375 e. The molecule has 0 aliphatic heterocycles. The van der Waals surface area contributed by atoms with Crippen LogP contribution in [0.5, 0.6) is 0 Å². The van der Waals surface area contributed by atoms with Crippen molar-refractivity contribution in [1.29, 1.82) is 0 Å². The van der Waals surface area contributed by atoms with E-state index in [4.69, 9.17) is 0 Å². The second-order valence-electron chi connectivity index (χ2n) is 5.02. The molecule has 0 bridgehead atoms. The molecule has 5 nitrogen and oxygen atoms in total. The van der Waals surface area contributed by atoms with Crippen LogP contribution in [0, 0.1) is 11.8 Å². The summed E-state index contributed by atoms with van der Waals surface area (Å²) in [6.45, 7) is 7.13. The zero-order chi connectivity index (χ0) is 13.8. The lowest BCUT2D eigenvalue weighted by Crippen LogP contribution is -2.23. The highest BCUT2D eigenvalue weighted by Gasteiger charge is 2.38. The lowest BCUT2D eigenvalue weighted by atomic mass is 10.3. The highest BCUT2D eigenvalue weighted by molar-refractivity contribution is 7.73. The van der Waals surface area contributed by atoms with Gasteiger partial charge in [-0.2, -0.15) is 0 Å². The molecule has 0 aromatic rings. The number of rotatable bonds is 7. The fourth-order valence-corrected chi connectivity index (χ4v) is 5.04. The Morgan fingerprint density at radius 2 is 1.71 bits per heavy atom. The van der Waals surface area contributed by atoms with Crippen LogP contribution in [0.4, 0.5) is 0 Å². The van der Waals surface area contributed by atoms with Gasteiger partial charge in [-0.1, -0.05) is 27.7 Å². The molecule has 3 N–H and O–H groups in total. The molecule has 0 aromatic heterocycles. The number of aliphatic hydroxyl groups is 1. The molecule has 0 heterocycles. The van der Waals surface area contributed by atoms with Gasteiger partial charge in [0.05, 0.1) is 8.15 Å². The fourth-order valence-electron chi connectivity index (χ4n) is 1.36. The molecule has 3 unspecified atom stereocenters. The monoisotopic (exact) mass is 284 g/mol. The molecular weight excluding hydrogens is 262 g/mol. The van der Waals surface area contributed by atoms with Gasteiger partial charge in [0.1, 0.15) is 0 Å². The molecule has 0 radical (unpaired) electrons. The Kier molecular flexibility index (Phi) is 7.05. The number of aliphatic hydroxyl groups excluding tert-OH is 1. The van der Waals surface area contributed by atoms with Gasteiger partial charge in [-0.15, -0.1) is 0 Å². The van der Waals surface area contributed by atoms with Crippen LogP contribution in [-0.4, -0.2) is 38.6 Å². The average Bonchev–Trinajstić information content (AvgIpc) is 2.12. The first-order valence-electron chi connectivity index (χ1n) is 5.57. The fraction of sp³-hybridized carbons (Fsp3) is 0.900. The molecule has 7 heteroatoms. The van der Waals surface area contributed by atoms with E-state index in [-0.39, 0.29) is 24.2 Å². The van der Waals surface area contributed by atoms with Crippen molar-refractivity contribution >= 4 is 21.0 Å². The summed E-state index contributed by atoms with van der Waals surface area (Å²) in [5.41, 5.74) is -0.889. The van der Waals surface area contributed by atoms with Crippen molar-refractivity contribution in [1.82, 2.24) is 0 Å². The molecule has 0 aromatic carbocycles. The predicted octanol–water partition coefficient (Wildman–Crippen LogP) is 1.80. The molecule has 0 fully saturated rings. The summed E-state index contributed by atoms with van der Waals surface area (Å²) in [5, 5.41) is 9.57. The van der Waals surface area contributed by atoms with Gasteiger partial charge in [-0.25, -0.2) is 0 Å². The van der Waals surface area contributed by atoms with E-state index in [9.17, 15) is 24.3 Å². The first kappa shape index (κ1) is 17.2. The van der Waals surface area contributed by atoms with E-state index in [2.05, 4.69) is 0 Å². The zero-order valence-electron chi connectivity index (χ0n) is 10.7. The van der Waals surface area contributed by atoms with Crippen LogP contribution in [0.15, 0.2) is 0 Å². The van der Waals surface area contributed by atoms with E-state index in [0.717, 1.165) is 0 Å². The van der Waals surface area contributed by atoms with Gasteiger partial charge in [0.15, 0.2) is 5.85 Å². The maximum absolute atomic E-state index is 11.7. The van der Waals surface area contributed by atoms with Crippen LogP contribution < -0.4 is 0 Å². The first-order valence-corrected chi connectivity index (χ1v) is 8.97. The molecule has 17 heavy (non-hydrogen) atoms. The topological polar surface area (TPSA) is 94.8 Å². The summed E-state index contributed by atoms with van der Waals surface area (Å²) in [4.78, 5) is 30.8. The first-order chi connectivity index (χ1) is 7.58. The highest BCUT2D eigenvalue weighted by Crippen LogP contribution is 2.51. The Balaban J connectivity index is 4.63. The van der Waals surface area contributed by atoms with Crippen LogP contribution in [-0.2, 0) is 9.36 Å². The summed E-state index contributed by atoms with van der Waals surface area (Å²) in [6.07, 6.45) is 0.123. The Bertz CT molecular complexity index is 303. The van der Waals surface area contributed by atoms with Gasteiger partial charge >= 0.3 is 0 Å². The number of hydrogen-bond donors (Lipinski definition) is 3. The molecule has 0 aliphatic rings. The number of carbonyl (C=O) groups excluding carboxylic acids is 1. The lowest BCUT2D eigenvalue weighted by molar-refractivity contribution is -0.116. The van der Waals surface area contributed by atoms with Gasteiger partial charge in [0.2, 0.25) is 12.9 Å². The van der Waals surface area contributed by atoms with Crippen LogP contribution >= 0.6 is 15.5 Å². The average molecular weight is 284 g/mol. The van der Waals surface area contributed by atoms with Gasteiger partial charge in [-0.3, -0.25) is 9.36 Å². The molecule has 102 valence electrons. The van der Waals surface area contributed by atoms with Gasteiger partial charge < -0.3 is 14.9 Å². The third kappa shape index (κ3) is 6.08. The van der Waals surface area contributed by atoms with Crippen LogP contribution in [0.3, 0.4) is 0 Å². The second-order valence-corrected chi connectivity index (χ2v) is 8.99. The van der Waals surface area contributed by atoms with Crippen molar-refractivity contribution in [2.24, 2.45) is 11.8 Å². The van der Waals surface area contributed by atoms with Crippen molar-refractivity contribution in [2.45, 2.75) is 33.5 Å². The summed E-state index contributed by atoms with van der Waals surface area (Å²) >= 11 is 0. The molecule has 0 rings (SSSR count). The normalized spacial score (nSPS) is 19.1. The summed E-state index contributed by atoms with van der Waals surface area (Å²) < 4.78 is 11.7. The quantitative estimate of drug-likeness (QED) is 0.620. The Morgan fingerprint density at radius 1 is 1.24 bits per heavy atom. The largest absolute Gasteiger partial charge is 0.375 e. The minimum atomic E-state index is -3.93. The Morgan fingerprint density at radius 3 is 2.06 bits per heavy atom. The van der Waals surface area contributed by atoms with E-state index in [1.54, 1.807) is 13.8 Å². The lowest BCUT2D eigenvalue weighted by Gasteiger charge is -2.21. The second kappa shape index (κ2) is 6.96. The standard InChI is InChI=1S/C10H22O5P2/c1-7(2)5-16(13)9(11)10(12)17(14,15)6-8(3)4/h7-8,10,12-13H,5-6H2,1-4H3,(H,14,15). The molecule has 0 spiro atoms. The summed E-state index contributed by atoms with van der Waals surface area (Å²) in [5.74, 6) is -1.94. The highest BCUT2D eigenvalue weighted by atomic mass is 31.2. The molecule has 3 atom stereocenters. The number of carbonyl (C=O) groups is 1. The maximum Gasteiger partial charge on any atom is 0.236 e. The van der Waals surface area contributed by atoms with Crippen molar-refractivity contribution in [2.75, 3.05) is 12.3 Å². The van der Waals surface area contributed by atoms with Crippen LogP contribution in [0.1, 0.15) is 27.7 Å². The SMILES string of the molecule is CC(C)CP(O)C(=O)C(O)P(=O)(O)CC(C)C. The molecule has 0 amide bonds. The Hall–Kier alpha value is 0.210. The predicted molar refractivity (Wildman–Crippen MR) is 69.4 cm³/mol. The van der Waals surface area contributed by atoms with E-state index in [0.29, 0.717) is 0 Å². The van der Waals surface area contributed by atoms with Crippen LogP contribution in [0.25, 0.3) is 0 Å². The number of hydrogen-bond acceptors (Lipinski definition) is 4. The van der Waals surface area contributed by atoms with Gasteiger partial charge in [0.25, 0.3) is 0 Å². The smallest absolute Gasteiger partial charge is 0.236 e. The van der Waals surface area contributed by atoms with Crippen molar-refractivity contribution in [3.63, 3.8) is 0 Å². The third-order valence-corrected chi connectivity index (χ3v) is 6.31. The zero-order valence-corrected chi connectivity index (χ0v) is 12.5. The molecule has 0 saturated heterocycles. The van der Waals surface area contributed by atoms with Crippen molar-refractivity contribution < 1.29 is 24.3 Å². The summed E-state index contributed by atoms with van der Waals surface area (Å²) in [7, 11) is -5.96. The maximum atomic E-state index is 11.7. The molecule has 0 aliphatic carbocycles. The molecular formula is C10H22O5P2. The van der Waals surface area contributed by atoms with E-state index in [1.165, 1.54) is 0 Å². The van der Waals surface area contributed by atoms with Gasteiger partial charge in [0, 0.05) is 12.3 Å². The van der Waals surface area contributed by atoms with E-state index in [1.807, 2.05) is 13.8 Å².